The molecule has 1 nitrogen and oxygen atoms in total. The van der Waals surface area contributed by atoms with E-state index in [9.17, 15) is 0 Å². The number of aryl methyl sites for hydroxylation is 1. The lowest BCUT2D eigenvalue weighted by Gasteiger charge is -2.07. The summed E-state index contributed by atoms with van der Waals surface area (Å²) in [7, 11) is 0. The van der Waals surface area contributed by atoms with Crippen LogP contribution in [0.15, 0.2) is 53.4 Å². The summed E-state index contributed by atoms with van der Waals surface area (Å²) in [6, 6.07) is 16.6. The molecule has 0 aliphatic carbocycles. The molecule has 0 saturated carbocycles. The van der Waals surface area contributed by atoms with Crippen LogP contribution >= 0.6 is 11.8 Å². The molecule has 0 aliphatic rings. The van der Waals surface area contributed by atoms with Crippen LogP contribution in [-0.2, 0) is 6.61 Å². The molecule has 0 N–H and O–H groups in total. The van der Waals surface area contributed by atoms with Crippen molar-refractivity contribution >= 4 is 11.8 Å². The van der Waals surface area contributed by atoms with Crippen molar-refractivity contribution in [1.82, 2.24) is 0 Å². The first-order valence-corrected chi connectivity index (χ1v) is 6.83. The molecule has 0 fully saturated rings. The standard InChI is InChI=1S/C15H16OS/c1-12-3-5-13(6-4-12)11-16-14-7-9-15(17-2)10-8-14/h3-10H,11H2,1-2H3. The molecule has 2 aromatic rings. The predicted molar refractivity (Wildman–Crippen MR) is 73.7 cm³/mol. The van der Waals surface area contributed by atoms with E-state index in [0.29, 0.717) is 6.61 Å². The highest BCUT2D eigenvalue weighted by molar-refractivity contribution is 7.98. The number of hydrogen-bond donors (Lipinski definition) is 0. The minimum atomic E-state index is 0.624. The maximum atomic E-state index is 5.72. The quantitative estimate of drug-likeness (QED) is 0.742. The Labute approximate surface area is 107 Å². The molecule has 0 unspecified atom stereocenters. The molecule has 0 spiro atoms. The maximum Gasteiger partial charge on any atom is 0.119 e. The average Bonchev–Trinajstić information content (AvgIpc) is 2.39. The van der Waals surface area contributed by atoms with Crippen LogP contribution < -0.4 is 4.74 Å². The lowest BCUT2D eigenvalue weighted by Crippen LogP contribution is -1.95. The molecule has 17 heavy (non-hydrogen) atoms. The van der Waals surface area contributed by atoms with Crippen LogP contribution in [-0.4, -0.2) is 6.26 Å². The number of benzene rings is 2. The van der Waals surface area contributed by atoms with E-state index in [1.54, 1.807) is 11.8 Å². The van der Waals surface area contributed by atoms with Gasteiger partial charge in [0.1, 0.15) is 12.4 Å². The van der Waals surface area contributed by atoms with E-state index < -0.39 is 0 Å². The third-order valence-electron chi connectivity index (χ3n) is 2.59. The van der Waals surface area contributed by atoms with E-state index in [2.05, 4.69) is 49.6 Å². The second kappa shape index (κ2) is 5.78. The minimum absolute atomic E-state index is 0.624. The normalized spacial score (nSPS) is 10.2. The van der Waals surface area contributed by atoms with Gasteiger partial charge in [0.25, 0.3) is 0 Å². The van der Waals surface area contributed by atoms with Gasteiger partial charge in [-0.25, -0.2) is 0 Å². The Kier molecular flexibility index (Phi) is 4.10. The molecule has 0 heterocycles. The highest BCUT2D eigenvalue weighted by atomic mass is 32.2. The lowest BCUT2D eigenvalue weighted by molar-refractivity contribution is 0.306. The van der Waals surface area contributed by atoms with E-state index >= 15 is 0 Å². The Morgan fingerprint density at radius 3 is 2.18 bits per heavy atom. The van der Waals surface area contributed by atoms with Gasteiger partial charge in [-0.05, 0) is 43.0 Å². The summed E-state index contributed by atoms with van der Waals surface area (Å²) < 4.78 is 5.72. The fourth-order valence-corrected chi connectivity index (χ4v) is 1.93. The monoisotopic (exact) mass is 244 g/mol. The third-order valence-corrected chi connectivity index (χ3v) is 3.33. The Morgan fingerprint density at radius 1 is 0.941 bits per heavy atom. The molecule has 0 radical (unpaired) electrons. The van der Waals surface area contributed by atoms with Crippen molar-refractivity contribution in [3.63, 3.8) is 0 Å². The van der Waals surface area contributed by atoms with Gasteiger partial charge < -0.3 is 4.74 Å². The molecule has 2 aromatic carbocycles. The van der Waals surface area contributed by atoms with Crippen LogP contribution in [0.4, 0.5) is 0 Å². The fraction of sp³-hybridized carbons (Fsp3) is 0.200. The molecule has 0 amide bonds. The summed E-state index contributed by atoms with van der Waals surface area (Å²) in [5.74, 6) is 0.920. The van der Waals surface area contributed by atoms with Crippen LogP contribution in [0.25, 0.3) is 0 Å². The molecule has 2 heteroatoms. The molecule has 0 aliphatic heterocycles. The second-order valence-electron chi connectivity index (χ2n) is 3.95. The summed E-state index contributed by atoms with van der Waals surface area (Å²) in [5.41, 5.74) is 2.47. The van der Waals surface area contributed by atoms with Gasteiger partial charge in [0.15, 0.2) is 0 Å². The number of hydrogen-bond acceptors (Lipinski definition) is 2. The Morgan fingerprint density at radius 2 is 1.59 bits per heavy atom. The van der Waals surface area contributed by atoms with Crippen molar-refractivity contribution in [3.05, 3.63) is 59.7 Å². The summed E-state index contributed by atoms with van der Waals surface area (Å²) in [5, 5.41) is 0. The van der Waals surface area contributed by atoms with Crippen LogP contribution in [0.3, 0.4) is 0 Å². The zero-order chi connectivity index (χ0) is 12.1. The van der Waals surface area contributed by atoms with Gasteiger partial charge in [0.2, 0.25) is 0 Å². The van der Waals surface area contributed by atoms with Crippen molar-refractivity contribution in [1.29, 1.82) is 0 Å². The average molecular weight is 244 g/mol. The van der Waals surface area contributed by atoms with E-state index in [4.69, 9.17) is 4.74 Å². The van der Waals surface area contributed by atoms with Gasteiger partial charge in [0.05, 0.1) is 0 Å². The summed E-state index contributed by atoms with van der Waals surface area (Å²) >= 11 is 1.74. The van der Waals surface area contributed by atoms with E-state index in [1.807, 2.05) is 12.1 Å². The third kappa shape index (κ3) is 3.53. The molecule has 2 rings (SSSR count). The predicted octanol–water partition coefficient (Wildman–Crippen LogP) is 4.30. The van der Waals surface area contributed by atoms with E-state index in [1.165, 1.54) is 16.0 Å². The molecule has 0 bridgehead atoms. The van der Waals surface area contributed by atoms with Gasteiger partial charge in [-0.1, -0.05) is 29.8 Å². The molecule has 88 valence electrons. The van der Waals surface area contributed by atoms with Crippen LogP contribution in [0.1, 0.15) is 11.1 Å². The fourth-order valence-electron chi connectivity index (χ4n) is 1.52. The van der Waals surface area contributed by atoms with E-state index in [0.717, 1.165) is 5.75 Å². The van der Waals surface area contributed by atoms with Gasteiger partial charge in [-0.15, -0.1) is 11.8 Å². The summed E-state index contributed by atoms with van der Waals surface area (Å²) in [4.78, 5) is 1.26. The van der Waals surface area contributed by atoms with Crippen molar-refractivity contribution < 1.29 is 4.74 Å². The van der Waals surface area contributed by atoms with Crippen LogP contribution in [0, 0.1) is 6.92 Å². The molecule has 0 saturated heterocycles. The molecular weight excluding hydrogens is 228 g/mol. The number of thioether (sulfide) groups is 1. The first kappa shape index (κ1) is 12.1. The lowest BCUT2D eigenvalue weighted by atomic mass is 10.2. The molecule has 0 atom stereocenters. The molecular formula is C15H16OS. The SMILES string of the molecule is CSc1ccc(OCc2ccc(C)cc2)cc1. The zero-order valence-electron chi connectivity index (χ0n) is 10.1. The van der Waals surface area contributed by atoms with Crippen molar-refractivity contribution in [2.45, 2.75) is 18.4 Å². The Bertz CT molecular complexity index is 459. The smallest absolute Gasteiger partial charge is 0.119 e. The zero-order valence-corrected chi connectivity index (χ0v) is 11.0. The first-order valence-electron chi connectivity index (χ1n) is 5.60. The summed E-state index contributed by atoms with van der Waals surface area (Å²) in [6.07, 6.45) is 2.07. The van der Waals surface area contributed by atoms with Crippen LogP contribution in [0.5, 0.6) is 5.75 Å². The van der Waals surface area contributed by atoms with Gasteiger partial charge in [-0.2, -0.15) is 0 Å². The first-order chi connectivity index (χ1) is 8.28. The second-order valence-corrected chi connectivity index (χ2v) is 4.83. The minimum Gasteiger partial charge on any atom is -0.489 e. The Hall–Kier alpha value is -1.41. The van der Waals surface area contributed by atoms with Gasteiger partial charge in [-0.3, -0.25) is 0 Å². The van der Waals surface area contributed by atoms with Crippen LogP contribution in [0.2, 0.25) is 0 Å². The maximum absolute atomic E-state index is 5.72. The van der Waals surface area contributed by atoms with Crippen molar-refractivity contribution in [3.8, 4) is 5.75 Å². The highest BCUT2D eigenvalue weighted by Gasteiger charge is 1.96. The summed E-state index contributed by atoms with van der Waals surface area (Å²) in [6.45, 7) is 2.71. The van der Waals surface area contributed by atoms with Gasteiger partial charge >= 0.3 is 0 Å². The van der Waals surface area contributed by atoms with Crippen molar-refractivity contribution in [2.24, 2.45) is 0 Å². The molecule has 0 aromatic heterocycles. The topological polar surface area (TPSA) is 9.23 Å². The highest BCUT2D eigenvalue weighted by Crippen LogP contribution is 2.19. The van der Waals surface area contributed by atoms with Crippen molar-refractivity contribution in [2.75, 3.05) is 6.26 Å². The number of rotatable bonds is 4. The number of ether oxygens (including phenoxy) is 1. The van der Waals surface area contributed by atoms with E-state index in [-0.39, 0.29) is 0 Å². The van der Waals surface area contributed by atoms with Gasteiger partial charge in [0, 0.05) is 4.90 Å². The largest absolute Gasteiger partial charge is 0.489 e. The Balaban J connectivity index is 1.95.